The molecule has 7 nitrogen and oxygen atoms in total. The number of hydrogen-bond acceptors (Lipinski definition) is 6. The van der Waals surface area contributed by atoms with Crippen LogP contribution in [-0.2, 0) is 16.1 Å². The van der Waals surface area contributed by atoms with E-state index >= 15 is 0 Å². The monoisotopic (exact) mass is 452 g/mol. The summed E-state index contributed by atoms with van der Waals surface area (Å²) in [5, 5.41) is 10.3. The number of rotatable bonds is 7. The molecular formula is C15H13BrF2NO6S-. The van der Waals surface area contributed by atoms with Crippen molar-refractivity contribution in [3.8, 4) is 22.8 Å². The van der Waals surface area contributed by atoms with Gasteiger partial charge < -0.3 is 18.8 Å². The zero-order chi connectivity index (χ0) is 19.4. The molecule has 0 aliphatic carbocycles. The van der Waals surface area contributed by atoms with Crippen LogP contribution in [0.25, 0.3) is 11.3 Å². The molecule has 142 valence electrons. The average Bonchev–Trinajstić information content (AvgIpc) is 2.86. The molecule has 2 atom stereocenters. The van der Waals surface area contributed by atoms with Gasteiger partial charge in [-0.05, 0) is 24.6 Å². The first-order valence-electron chi connectivity index (χ1n) is 7.17. The van der Waals surface area contributed by atoms with Crippen LogP contribution in [0.3, 0.4) is 0 Å². The normalized spacial score (nSPS) is 13.4. The summed E-state index contributed by atoms with van der Waals surface area (Å²) in [7, 11) is 0. The molecule has 2 aromatic rings. The third-order valence-corrected chi connectivity index (χ3v) is 4.51. The standard InChI is InChI=1S/C15H14BrF2NO6S/c1-7(20)24-15-12(21)13(8-2-3-10(17)11(18)6-8)25-14(15)9(16)4-5-19-26(22)23/h2-3,6,9,19,21H,4-5H2,1H3,(H,22,23)/p-1. The van der Waals surface area contributed by atoms with Gasteiger partial charge in [-0.2, -0.15) is 0 Å². The molecule has 2 rings (SSSR count). The quantitative estimate of drug-likeness (QED) is 0.379. The Balaban J connectivity index is 2.41. The molecule has 0 saturated heterocycles. The summed E-state index contributed by atoms with van der Waals surface area (Å²) in [6.07, 6.45) is 0.187. The molecular weight excluding hydrogens is 440 g/mol. The highest BCUT2D eigenvalue weighted by atomic mass is 79.9. The van der Waals surface area contributed by atoms with Gasteiger partial charge in [0.25, 0.3) is 0 Å². The van der Waals surface area contributed by atoms with E-state index < -0.39 is 39.4 Å². The molecule has 1 heterocycles. The second kappa shape index (κ2) is 8.71. The van der Waals surface area contributed by atoms with E-state index in [1.165, 1.54) is 6.07 Å². The van der Waals surface area contributed by atoms with E-state index in [0.29, 0.717) is 0 Å². The van der Waals surface area contributed by atoms with Crippen molar-refractivity contribution in [2.75, 3.05) is 6.54 Å². The van der Waals surface area contributed by atoms with Gasteiger partial charge in [0.2, 0.25) is 11.5 Å². The number of furan rings is 1. The SMILES string of the molecule is CC(=O)Oc1c(C(Br)CCNS(=O)[O-])oc(-c2ccc(F)c(F)c2)c1O. The lowest BCUT2D eigenvalue weighted by Crippen LogP contribution is -2.18. The zero-order valence-corrected chi connectivity index (χ0v) is 15.7. The topological polar surface area (TPSA) is 112 Å². The minimum atomic E-state index is -2.45. The van der Waals surface area contributed by atoms with Gasteiger partial charge in [-0.25, -0.2) is 13.5 Å². The van der Waals surface area contributed by atoms with Gasteiger partial charge in [-0.3, -0.25) is 9.00 Å². The van der Waals surface area contributed by atoms with Crippen molar-refractivity contribution in [3.63, 3.8) is 0 Å². The molecule has 0 spiro atoms. The summed E-state index contributed by atoms with van der Waals surface area (Å²) in [4.78, 5) is 10.7. The number of aromatic hydroxyl groups is 1. The fraction of sp³-hybridized carbons (Fsp3) is 0.267. The van der Waals surface area contributed by atoms with Gasteiger partial charge in [0.05, 0.1) is 4.83 Å². The van der Waals surface area contributed by atoms with Gasteiger partial charge in [-0.15, -0.1) is 0 Å². The van der Waals surface area contributed by atoms with Gasteiger partial charge in [-0.1, -0.05) is 15.9 Å². The van der Waals surface area contributed by atoms with Crippen LogP contribution in [0.15, 0.2) is 22.6 Å². The molecule has 2 N–H and O–H groups in total. The van der Waals surface area contributed by atoms with Gasteiger partial charge in [0.1, 0.15) is 0 Å². The Morgan fingerprint density at radius 3 is 2.73 bits per heavy atom. The lowest BCUT2D eigenvalue weighted by Gasteiger charge is -2.11. The van der Waals surface area contributed by atoms with Crippen LogP contribution in [0.2, 0.25) is 0 Å². The van der Waals surface area contributed by atoms with E-state index in [1.54, 1.807) is 0 Å². The first kappa shape index (κ1) is 20.5. The maximum atomic E-state index is 13.5. The van der Waals surface area contributed by atoms with Crippen LogP contribution in [0.4, 0.5) is 8.78 Å². The molecule has 0 amide bonds. The number of ether oxygens (including phenoxy) is 1. The highest BCUT2D eigenvalue weighted by Gasteiger charge is 2.28. The number of carbonyl (C=O) groups excluding carboxylic acids is 1. The first-order valence-corrected chi connectivity index (χ1v) is 9.16. The van der Waals surface area contributed by atoms with Crippen LogP contribution in [0.5, 0.6) is 11.5 Å². The van der Waals surface area contributed by atoms with Crippen molar-refractivity contribution in [1.82, 2.24) is 4.72 Å². The number of alkyl halides is 1. The first-order chi connectivity index (χ1) is 12.2. The largest absolute Gasteiger partial charge is 0.760 e. The molecule has 26 heavy (non-hydrogen) atoms. The van der Waals surface area contributed by atoms with Gasteiger partial charge in [0.15, 0.2) is 23.2 Å². The minimum Gasteiger partial charge on any atom is -0.760 e. The molecule has 0 fully saturated rings. The van der Waals surface area contributed by atoms with E-state index in [1.807, 2.05) is 0 Å². The summed E-state index contributed by atoms with van der Waals surface area (Å²) >= 11 is 0.802. The van der Waals surface area contributed by atoms with Crippen molar-refractivity contribution in [1.29, 1.82) is 0 Å². The molecule has 0 aliphatic heterocycles. The Labute approximate surface area is 157 Å². The summed E-state index contributed by atoms with van der Waals surface area (Å²) < 4.78 is 60.2. The van der Waals surface area contributed by atoms with E-state index in [9.17, 15) is 27.4 Å². The summed E-state index contributed by atoms with van der Waals surface area (Å²) in [5.41, 5.74) is 0.0274. The average molecular weight is 453 g/mol. The van der Waals surface area contributed by atoms with E-state index in [4.69, 9.17) is 9.15 Å². The zero-order valence-electron chi connectivity index (χ0n) is 13.3. The summed E-state index contributed by atoms with van der Waals surface area (Å²) in [6.45, 7) is 1.15. The van der Waals surface area contributed by atoms with Crippen LogP contribution in [-0.4, -0.2) is 26.4 Å². The van der Waals surface area contributed by atoms with Crippen LogP contribution < -0.4 is 9.46 Å². The number of benzene rings is 1. The number of halogens is 3. The molecule has 0 aliphatic rings. The van der Waals surface area contributed by atoms with Crippen molar-refractivity contribution < 1.29 is 36.6 Å². The predicted molar refractivity (Wildman–Crippen MR) is 90.2 cm³/mol. The predicted octanol–water partition coefficient (Wildman–Crippen LogP) is 3.07. The summed E-state index contributed by atoms with van der Waals surface area (Å²) in [5.74, 6) is -4.04. The van der Waals surface area contributed by atoms with Crippen molar-refractivity contribution in [2.45, 2.75) is 18.2 Å². The van der Waals surface area contributed by atoms with Crippen LogP contribution in [0.1, 0.15) is 23.9 Å². The van der Waals surface area contributed by atoms with E-state index in [2.05, 4.69) is 20.7 Å². The number of esters is 1. The Hall–Kier alpha value is -1.82. The second-order valence-corrected chi connectivity index (χ2v) is 6.94. The third kappa shape index (κ3) is 4.87. The van der Waals surface area contributed by atoms with Crippen LogP contribution in [0, 0.1) is 11.6 Å². The Morgan fingerprint density at radius 1 is 1.46 bits per heavy atom. The molecule has 0 bridgehead atoms. The van der Waals surface area contributed by atoms with Crippen LogP contribution >= 0.6 is 15.9 Å². The maximum absolute atomic E-state index is 13.5. The van der Waals surface area contributed by atoms with E-state index in [0.717, 1.165) is 19.1 Å². The van der Waals surface area contributed by atoms with Gasteiger partial charge in [0, 0.05) is 30.3 Å². The number of hydrogen-bond donors (Lipinski definition) is 2. The fourth-order valence-electron chi connectivity index (χ4n) is 2.11. The van der Waals surface area contributed by atoms with Crippen molar-refractivity contribution in [2.24, 2.45) is 0 Å². The van der Waals surface area contributed by atoms with Crippen molar-refractivity contribution in [3.05, 3.63) is 35.6 Å². The Kier molecular flexibility index (Phi) is 6.87. The molecule has 0 radical (unpaired) electrons. The fourth-order valence-corrected chi connectivity index (χ4v) is 2.92. The molecule has 2 unspecified atom stereocenters. The Morgan fingerprint density at radius 2 is 2.15 bits per heavy atom. The lowest BCUT2D eigenvalue weighted by molar-refractivity contribution is -0.132. The molecule has 11 heteroatoms. The number of nitrogens with one attached hydrogen (secondary N) is 1. The highest BCUT2D eigenvalue weighted by molar-refractivity contribution is 9.09. The Bertz CT molecular complexity index is 844. The molecule has 1 aromatic carbocycles. The second-order valence-electron chi connectivity index (χ2n) is 5.08. The number of carbonyl (C=O) groups is 1. The maximum Gasteiger partial charge on any atom is 0.308 e. The van der Waals surface area contributed by atoms with Crippen molar-refractivity contribution >= 4 is 33.2 Å². The molecule has 1 aromatic heterocycles. The van der Waals surface area contributed by atoms with Gasteiger partial charge >= 0.3 is 5.97 Å². The summed E-state index contributed by atoms with van der Waals surface area (Å²) in [6, 6.07) is 2.86. The highest BCUT2D eigenvalue weighted by Crippen LogP contribution is 2.48. The minimum absolute atomic E-state index is 0.00378. The lowest BCUT2D eigenvalue weighted by atomic mass is 10.1. The van der Waals surface area contributed by atoms with E-state index in [-0.39, 0.29) is 35.8 Å². The smallest absolute Gasteiger partial charge is 0.308 e. The third-order valence-electron chi connectivity index (χ3n) is 3.20. The molecule has 0 saturated carbocycles.